The van der Waals surface area contributed by atoms with E-state index in [0.717, 1.165) is 0 Å². The van der Waals surface area contributed by atoms with Gasteiger partial charge < -0.3 is 78.2 Å². The molecule has 5 N–H and O–H groups in total. The number of aliphatic hydroxyl groups excluding tert-OH is 3. The Morgan fingerprint density at radius 1 is 0.897 bits per heavy atom. The molecule has 6 fully saturated rings. The largest absolute Gasteiger partial charge is 0.459 e. The number of Topliss-reactive ketones (excluding diaryl/α,β-unsaturated/α-hetero) is 1. The molecule has 5 aliphatic heterocycles. The lowest BCUT2D eigenvalue weighted by molar-refractivity contribution is -0.319. The van der Waals surface area contributed by atoms with Crippen LogP contribution in [0, 0.1) is 41.3 Å². The number of amides is 2. The quantitative estimate of drug-likeness (QED) is 0.157. The minimum atomic E-state index is -2.03. The number of anilines is 2. The molecule has 5 saturated heterocycles. The molecule has 22 heteroatoms. The molecule has 0 spiro atoms. The van der Waals surface area contributed by atoms with Crippen molar-refractivity contribution in [2.24, 2.45) is 35.5 Å². The van der Waals surface area contributed by atoms with Crippen molar-refractivity contribution in [2.45, 2.75) is 192 Å². The number of ketones is 1. The van der Waals surface area contributed by atoms with Gasteiger partial charge in [0, 0.05) is 70.0 Å². The molecule has 78 heavy (non-hydrogen) atoms. The van der Waals surface area contributed by atoms with Crippen molar-refractivity contribution in [3.05, 3.63) is 24.0 Å². The minimum absolute atomic E-state index is 0.0297. The summed E-state index contributed by atoms with van der Waals surface area (Å²) in [6.45, 7) is 19.6. The number of likely N-dealkylation sites (N-methyl/N-ethyl adjacent to an activating group) is 1. The Bertz CT molecular complexity index is 2240. The number of rotatable bonds is 15. The van der Waals surface area contributed by atoms with Crippen molar-refractivity contribution in [1.29, 1.82) is 0 Å². The Hall–Kier alpha value is -3.65. The van der Waals surface area contributed by atoms with Crippen LogP contribution in [0.1, 0.15) is 101 Å². The molecule has 2 unspecified atom stereocenters. The molecule has 0 bridgehead atoms. The molecule has 7 rings (SSSR count). The van der Waals surface area contributed by atoms with Crippen LogP contribution < -0.4 is 15.1 Å². The summed E-state index contributed by atoms with van der Waals surface area (Å²) >= 11 is 0. The molecule has 21 nitrogen and oxygen atoms in total. The lowest BCUT2D eigenvalue weighted by Crippen LogP contribution is -2.61. The minimum Gasteiger partial charge on any atom is -0.459 e. The van der Waals surface area contributed by atoms with E-state index >= 15 is 4.39 Å². The van der Waals surface area contributed by atoms with E-state index in [2.05, 4.69) is 5.32 Å². The van der Waals surface area contributed by atoms with E-state index in [1.807, 2.05) is 30.7 Å². The van der Waals surface area contributed by atoms with Gasteiger partial charge in [0.15, 0.2) is 12.6 Å². The van der Waals surface area contributed by atoms with Crippen molar-refractivity contribution < 1.29 is 86.6 Å². The summed E-state index contributed by atoms with van der Waals surface area (Å²) in [4.78, 5) is 60.5. The third-order valence-electron chi connectivity index (χ3n) is 17.9. The topological polar surface area (TPSA) is 254 Å². The molecule has 442 valence electrons. The maximum Gasteiger partial charge on any atom is 0.414 e. The Morgan fingerprint density at radius 2 is 1.58 bits per heavy atom. The van der Waals surface area contributed by atoms with Crippen molar-refractivity contribution in [3.8, 4) is 0 Å². The molecule has 21 atom stereocenters. The maximum atomic E-state index is 15.2. The zero-order chi connectivity index (χ0) is 57.3. The second kappa shape index (κ2) is 25.2. The van der Waals surface area contributed by atoms with Crippen LogP contribution >= 0.6 is 0 Å². The van der Waals surface area contributed by atoms with E-state index in [0.29, 0.717) is 57.1 Å². The van der Waals surface area contributed by atoms with Gasteiger partial charge >= 0.3 is 12.1 Å². The Labute approximate surface area is 458 Å². The Kier molecular flexibility index (Phi) is 20.0. The predicted octanol–water partition coefficient (Wildman–Crippen LogP) is 3.56. The normalized spacial score (nSPS) is 42.3. The number of hydrogen-bond donors (Lipinski definition) is 5. The molecule has 1 aromatic carbocycles. The van der Waals surface area contributed by atoms with Crippen molar-refractivity contribution >= 4 is 35.1 Å². The third kappa shape index (κ3) is 13.3. The number of aliphatic hydroxyl groups is 4. The fourth-order valence-corrected chi connectivity index (χ4v) is 12.7. The number of esters is 1. The summed E-state index contributed by atoms with van der Waals surface area (Å²) in [6.07, 6.45) is -10.8. The molecular weight excluding hydrogens is 1020 g/mol. The first kappa shape index (κ1) is 62.0. The number of hydrogen-bond acceptors (Lipinski definition) is 19. The highest BCUT2D eigenvalue weighted by atomic mass is 19.1. The number of benzene rings is 1. The number of nitrogens with zero attached hydrogens (tertiary/aromatic N) is 3. The molecule has 1 aliphatic carbocycles. The number of nitrogens with one attached hydrogen (secondary N) is 1. The van der Waals surface area contributed by atoms with Gasteiger partial charge in [-0.05, 0) is 98.4 Å². The van der Waals surface area contributed by atoms with E-state index in [9.17, 15) is 39.6 Å². The number of morpholine rings is 1. The summed E-state index contributed by atoms with van der Waals surface area (Å²) in [6, 6.07) is 4.14. The van der Waals surface area contributed by atoms with Crippen LogP contribution in [0.3, 0.4) is 0 Å². The number of carbonyl (C=O) groups is 4. The predicted molar refractivity (Wildman–Crippen MR) is 282 cm³/mol. The Morgan fingerprint density at radius 3 is 2.22 bits per heavy atom. The van der Waals surface area contributed by atoms with Crippen LogP contribution in [0.25, 0.3) is 0 Å². The molecule has 6 aliphatic rings. The number of methoxy groups -OCH3 is 2. The van der Waals surface area contributed by atoms with Crippen molar-refractivity contribution in [1.82, 2.24) is 10.2 Å². The van der Waals surface area contributed by atoms with E-state index in [-0.39, 0.29) is 55.9 Å². The maximum absolute atomic E-state index is 15.2. The lowest BCUT2D eigenvalue weighted by atomic mass is 9.74. The first-order valence-corrected chi connectivity index (χ1v) is 28.0. The first-order valence-electron chi connectivity index (χ1n) is 28.0. The molecule has 0 aromatic heterocycles. The molecule has 1 saturated carbocycles. The third-order valence-corrected chi connectivity index (χ3v) is 17.9. The first-order chi connectivity index (χ1) is 36.7. The second-order valence-electron chi connectivity index (χ2n) is 23.8. The van der Waals surface area contributed by atoms with E-state index < -0.39 is 132 Å². The van der Waals surface area contributed by atoms with Gasteiger partial charge in [-0.3, -0.25) is 19.3 Å². The SMILES string of the molecule is CC[C@H]1OC(=O)[C@H](C)[C@@H](O[C@H]2C[C@@](C)(OC)[C@@H](O)[C@H](C)O2)[C@H](C)[C@@H](O[C@@H]2O[C@H](C)C[C@H](N(C)CC3CC3C(=O)NC[C@H]3CN(c4ccc(N5CCOCC5)c(F)c4)C(=O)O3)[C@H]2O)[C@](C)(OC)C[C@@H](C)C(=O)[C@H](C)[C@@H](O)[C@]1(C)O. The van der Waals surface area contributed by atoms with E-state index in [4.69, 9.17) is 42.6 Å². The van der Waals surface area contributed by atoms with Gasteiger partial charge in [0.25, 0.3) is 0 Å². The van der Waals surface area contributed by atoms with Crippen LogP contribution in [0.2, 0.25) is 0 Å². The van der Waals surface area contributed by atoms with E-state index in [1.54, 1.807) is 53.7 Å². The highest BCUT2D eigenvalue weighted by Gasteiger charge is 2.55. The zero-order valence-corrected chi connectivity index (χ0v) is 47.9. The van der Waals surface area contributed by atoms with Crippen molar-refractivity contribution in [2.75, 3.05) is 77.0 Å². The smallest absolute Gasteiger partial charge is 0.414 e. The van der Waals surface area contributed by atoms with Crippen LogP contribution in [0.15, 0.2) is 18.2 Å². The number of cyclic esters (lactones) is 2. The van der Waals surface area contributed by atoms with Crippen LogP contribution in [-0.4, -0.2) is 207 Å². The molecule has 1 aromatic rings. The number of halogens is 1. The second-order valence-corrected chi connectivity index (χ2v) is 23.8. The molecule has 2 amide bonds. The number of carbonyl (C=O) groups excluding carboxylic acids is 4. The van der Waals surface area contributed by atoms with Crippen LogP contribution in [0.4, 0.5) is 20.6 Å². The van der Waals surface area contributed by atoms with E-state index in [1.165, 1.54) is 39.0 Å². The van der Waals surface area contributed by atoms with Crippen LogP contribution in [-0.2, 0) is 57.0 Å². The molecular formula is C56H89FN4O17. The lowest BCUT2D eigenvalue weighted by Gasteiger charge is -2.50. The van der Waals surface area contributed by atoms with Gasteiger partial charge in [0.1, 0.15) is 41.6 Å². The number of ether oxygens (including phenoxy) is 9. The van der Waals surface area contributed by atoms with Gasteiger partial charge in [-0.1, -0.05) is 27.7 Å². The highest BCUT2D eigenvalue weighted by molar-refractivity contribution is 5.90. The Balaban J connectivity index is 1.06. The summed E-state index contributed by atoms with van der Waals surface area (Å²) < 4.78 is 70.9. The highest BCUT2D eigenvalue weighted by Crippen LogP contribution is 2.44. The van der Waals surface area contributed by atoms with Crippen molar-refractivity contribution in [3.63, 3.8) is 0 Å². The van der Waals surface area contributed by atoms with Crippen LogP contribution in [0.5, 0.6) is 0 Å². The summed E-state index contributed by atoms with van der Waals surface area (Å²) in [5.74, 6) is -5.94. The zero-order valence-electron chi connectivity index (χ0n) is 47.9. The fourth-order valence-electron chi connectivity index (χ4n) is 12.7. The average Bonchev–Trinajstić information content (AvgIpc) is 4.20. The molecule has 0 radical (unpaired) electrons. The average molecular weight is 1110 g/mol. The summed E-state index contributed by atoms with van der Waals surface area (Å²) in [7, 11) is 4.84. The van der Waals surface area contributed by atoms with Gasteiger partial charge in [0.05, 0.1) is 85.3 Å². The summed E-state index contributed by atoms with van der Waals surface area (Å²) in [5, 5.41) is 49.9. The van der Waals surface area contributed by atoms with Gasteiger partial charge in [-0.15, -0.1) is 0 Å². The van der Waals surface area contributed by atoms with Gasteiger partial charge in [-0.2, -0.15) is 0 Å². The summed E-state index contributed by atoms with van der Waals surface area (Å²) in [5.41, 5.74) is -3.70. The standard InChI is InChI=1S/C56H89FN4O17/c1-14-42-56(10,69)47(64)31(4)44(62)29(2)24-55(9,71-13)49(32(5)46(33(6)51(67)76-42)77-43-25-54(8,70-12)48(65)34(7)74-43)78-52-45(63)41(21-30(3)73-52)59(11)27-35-22-38(35)50(66)58-26-37-28-61(53(68)75-37)36-15-16-40(39(57)23-36)60-17-19-72-20-18-60/h15-16,23,29-35,37-38,41-43,45-49,52,63-65,69H,14,17-22,24-28H2,1-13H3,(H,58,66)/t29-,30-,31+,32+,33-,34+,35?,37+,38?,41+,42-,43+,45-,46+,47-,48+,49-,52+,54-,55-,56-/m1/s1. The van der Waals surface area contributed by atoms with Gasteiger partial charge in [-0.25, -0.2) is 9.18 Å². The monoisotopic (exact) mass is 1110 g/mol. The molecule has 5 heterocycles. The fraction of sp³-hybridized carbons (Fsp3) is 0.821. The van der Waals surface area contributed by atoms with Gasteiger partial charge in [0.2, 0.25) is 5.91 Å².